The average Bonchev–Trinajstić information content (AvgIpc) is 3.22. The lowest BCUT2D eigenvalue weighted by Crippen LogP contribution is -2.32. The van der Waals surface area contributed by atoms with Crippen molar-refractivity contribution in [2.75, 3.05) is 20.3 Å². The second-order valence-corrected chi connectivity index (χ2v) is 7.93. The number of hydrogen-bond acceptors (Lipinski definition) is 5. The summed E-state index contributed by atoms with van der Waals surface area (Å²) in [5, 5.41) is 11.7. The van der Waals surface area contributed by atoms with Crippen LogP contribution >= 0.6 is 11.6 Å². The molecule has 2 aliphatic heterocycles. The molecule has 1 amide bonds. The zero-order valence-corrected chi connectivity index (χ0v) is 17.5. The normalized spacial score (nSPS) is 22.3. The van der Waals surface area contributed by atoms with Gasteiger partial charge in [0.25, 0.3) is 11.7 Å². The number of likely N-dealkylation sites (tertiary alicyclic amines) is 1. The van der Waals surface area contributed by atoms with E-state index < -0.39 is 17.7 Å². The first-order valence-electron chi connectivity index (χ1n) is 9.73. The van der Waals surface area contributed by atoms with Crippen molar-refractivity contribution in [3.8, 4) is 5.75 Å². The number of nitrogens with zero attached hydrogens (tertiary/aromatic N) is 1. The van der Waals surface area contributed by atoms with E-state index in [0.717, 1.165) is 17.7 Å². The third-order valence-electron chi connectivity index (χ3n) is 5.43. The molecule has 1 fully saturated rings. The number of aliphatic hydroxyl groups is 1. The van der Waals surface area contributed by atoms with Crippen molar-refractivity contribution in [1.29, 1.82) is 0 Å². The van der Waals surface area contributed by atoms with Crippen molar-refractivity contribution in [1.82, 2.24) is 4.90 Å². The molecule has 4 rings (SSSR count). The summed E-state index contributed by atoms with van der Waals surface area (Å²) in [7, 11) is 1.53. The first kappa shape index (κ1) is 20.4. The van der Waals surface area contributed by atoms with Gasteiger partial charge >= 0.3 is 0 Å². The highest BCUT2D eigenvalue weighted by molar-refractivity contribution is 6.46. The molecule has 1 saturated heterocycles. The minimum atomic E-state index is -0.721. The molecule has 7 heteroatoms. The summed E-state index contributed by atoms with van der Waals surface area (Å²) in [5.41, 5.74) is 2.19. The van der Waals surface area contributed by atoms with Crippen LogP contribution in [-0.4, -0.2) is 48.1 Å². The Morgan fingerprint density at radius 1 is 1.23 bits per heavy atom. The summed E-state index contributed by atoms with van der Waals surface area (Å²) in [5.74, 6) is -0.801. The standard InChI is InChI=1S/C23H22ClNO5/c1-13-11-16-12-15(5-8-18(16)30-13)21(26)19-20(14-3-6-17(24)7-4-14)25(9-10-29-2)23(28)22(19)27/h3-8,12-13,20,26H,9-11H2,1-2H3/t13-,20+/m0/s1. The molecule has 0 aromatic heterocycles. The first-order valence-corrected chi connectivity index (χ1v) is 10.1. The molecule has 2 heterocycles. The van der Waals surface area contributed by atoms with Crippen LogP contribution in [0.3, 0.4) is 0 Å². The quantitative estimate of drug-likeness (QED) is 0.447. The summed E-state index contributed by atoms with van der Waals surface area (Å²) >= 11 is 6.02. The highest BCUT2D eigenvalue weighted by atomic mass is 35.5. The zero-order chi connectivity index (χ0) is 21.4. The molecule has 2 atom stereocenters. The molecular formula is C23H22ClNO5. The third-order valence-corrected chi connectivity index (χ3v) is 5.68. The molecule has 2 aromatic rings. The lowest BCUT2D eigenvalue weighted by atomic mass is 9.94. The van der Waals surface area contributed by atoms with Crippen molar-refractivity contribution >= 4 is 29.1 Å². The maximum atomic E-state index is 12.9. The second kappa shape index (κ2) is 8.13. The van der Waals surface area contributed by atoms with Gasteiger partial charge in [-0.2, -0.15) is 0 Å². The Labute approximate surface area is 179 Å². The molecule has 0 saturated carbocycles. The molecular weight excluding hydrogens is 406 g/mol. The molecule has 156 valence electrons. The number of methoxy groups -OCH3 is 1. The van der Waals surface area contributed by atoms with Crippen LogP contribution in [-0.2, 0) is 20.7 Å². The maximum Gasteiger partial charge on any atom is 0.295 e. The topological polar surface area (TPSA) is 76.1 Å². The van der Waals surface area contributed by atoms with Gasteiger partial charge < -0.3 is 19.5 Å². The fourth-order valence-corrected chi connectivity index (χ4v) is 4.14. The molecule has 2 aliphatic rings. The molecule has 0 spiro atoms. The van der Waals surface area contributed by atoms with Gasteiger partial charge in [-0.3, -0.25) is 9.59 Å². The highest BCUT2D eigenvalue weighted by Gasteiger charge is 2.45. The van der Waals surface area contributed by atoms with Crippen LogP contribution in [0.5, 0.6) is 5.75 Å². The predicted molar refractivity (Wildman–Crippen MR) is 113 cm³/mol. The number of hydrogen-bond donors (Lipinski definition) is 1. The van der Waals surface area contributed by atoms with Gasteiger partial charge in [-0.15, -0.1) is 0 Å². The van der Waals surface area contributed by atoms with Crippen molar-refractivity contribution in [3.63, 3.8) is 0 Å². The Kier molecular flexibility index (Phi) is 5.54. The molecule has 0 radical (unpaired) electrons. The van der Waals surface area contributed by atoms with E-state index in [1.807, 2.05) is 13.0 Å². The van der Waals surface area contributed by atoms with Gasteiger partial charge in [-0.05, 0) is 48.4 Å². The number of rotatable bonds is 5. The molecule has 2 aromatic carbocycles. The van der Waals surface area contributed by atoms with Crippen LogP contribution in [0.4, 0.5) is 0 Å². The fraction of sp³-hybridized carbons (Fsp3) is 0.304. The number of carbonyl (C=O) groups excluding carboxylic acids is 2. The summed E-state index contributed by atoms with van der Waals surface area (Å²) < 4.78 is 10.8. The van der Waals surface area contributed by atoms with Crippen LogP contribution in [0, 0.1) is 0 Å². The number of ketones is 1. The van der Waals surface area contributed by atoms with E-state index in [2.05, 4.69) is 0 Å². The summed E-state index contributed by atoms with van der Waals surface area (Å²) in [6, 6.07) is 11.5. The molecule has 6 nitrogen and oxygen atoms in total. The number of halogens is 1. The second-order valence-electron chi connectivity index (χ2n) is 7.49. The lowest BCUT2D eigenvalue weighted by Gasteiger charge is -2.25. The summed E-state index contributed by atoms with van der Waals surface area (Å²) in [6.07, 6.45) is 0.783. The van der Waals surface area contributed by atoms with Crippen LogP contribution in [0.2, 0.25) is 5.02 Å². The Morgan fingerprint density at radius 2 is 1.97 bits per heavy atom. The van der Waals surface area contributed by atoms with Crippen LogP contribution in [0.25, 0.3) is 5.76 Å². The number of ether oxygens (including phenoxy) is 2. The monoisotopic (exact) mass is 427 g/mol. The Morgan fingerprint density at radius 3 is 2.67 bits per heavy atom. The van der Waals surface area contributed by atoms with Crippen LogP contribution in [0.15, 0.2) is 48.0 Å². The van der Waals surface area contributed by atoms with E-state index in [4.69, 9.17) is 21.1 Å². The van der Waals surface area contributed by atoms with Gasteiger partial charge in [0.1, 0.15) is 17.6 Å². The van der Waals surface area contributed by atoms with E-state index in [1.165, 1.54) is 12.0 Å². The van der Waals surface area contributed by atoms with Gasteiger partial charge in [0, 0.05) is 30.7 Å². The van der Waals surface area contributed by atoms with E-state index in [9.17, 15) is 14.7 Å². The van der Waals surface area contributed by atoms with Crippen molar-refractivity contribution in [3.05, 3.63) is 69.8 Å². The number of aliphatic hydroxyl groups excluding tert-OH is 1. The van der Waals surface area contributed by atoms with Crippen LogP contribution in [0.1, 0.15) is 29.7 Å². The van der Waals surface area contributed by atoms with Gasteiger partial charge in [-0.1, -0.05) is 23.7 Å². The average molecular weight is 428 g/mol. The minimum absolute atomic E-state index is 0.0605. The SMILES string of the molecule is COCCN1C(=O)C(=O)C(=C(O)c2ccc3c(c2)C[C@H](C)O3)[C@H]1c1ccc(Cl)cc1. The van der Waals surface area contributed by atoms with Crippen molar-refractivity contribution in [2.45, 2.75) is 25.5 Å². The Bertz CT molecular complexity index is 1030. The van der Waals surface area contributed by atoms with E-state index in [1.54, 1.807) is 36.4 Å². The predicted octanol–water partition coefficient (Wildman–Crippen LogP) is 3.73. The maximum absolute atomic E-state index is 12.9. The molecule has 30 heavy (non-hydrogen) atoms. The highest BCUT2D eigenvalue weighted by Crippen LogP contribution is 2.40. The smallest absolute Gasteiger partial charge is 0.295 e. The number of carbonyl (C=O) groups is 2. The molecule has 0 bridgehead atoms. The Balaban J connectivity index is 1.82. The first-order chi connectivity index (χ1) is 14.4. The number of fused-ring (bicyclic) bond motifs is 1. The number of Topliss-reactive ketones (excluding diaryl/α,β-unsaturated/α-hetero) is 1. The lowest BCUT2D eigenvalue weighted by molar-refractivity contribution is -0.140. The van der Waals surface area contributed by atoms with Gasteiger partial charge in [-0.25, -0.2) is 0 Å². The van der Waals surface area contributed by atoms with Crippen molar-refractivity contribution < 1.29 is 24.2 Å². The minimum Gasteiger partial charge on any atom is -0.507 e. The zero-order valence-electron chi connectivity index (χ0n) is 16.7. The van der Waals surface area contributed by atoms with Gasteiger partial charge in [0.2, 0.25) is 0 Å². The van der Waals surface area contributed by atoms with Crippen LogP contribution < -0.4 is 4.74 Å². The molecule has 1 N–H and O–H groups in total. The largest absolute Gasteiger partial charge is 0.507 e. The molecule has 0 aliphatic carbocycles. The Hall–Kier alpha value is -2.83. The van der Waals surface area contributed by atoms with Crippen molar-refractivity contribution in [2.24, 2.45) is 0 Å². The van der Waals surface area contributed by atoms with E-state index in [0.29, 0.717) is 16.1 Å². The van der Waals surface area contributed by atoms with E-state index >= 15 is 0 Å². The fourth-order valence-electron chi connectivity index (χ4n) is 4.02. The summed E-state index contributed by atoms with van der Waals surface area (Å²) in [6.45, 7) is 2.47. The molecule has 0 unspecified atom stereocenters. The van der Waals surface area contributed by atoms with Gasteiger partial charge in [0.15, 0.2) is 0 Å². The summed E-state index contributed by atoms with van der Waals surface area (Å²) in [4.78, 5) is 27.1. The number of amides is 1. The third kappa shape index (κ3) is 3.57. The van der Waals surface area contributed by atoms with E-state index in [-0.39, 0.29) is 30.6 Å². The number of benzene rings is 2. The van der Waals surface area contributed by atoms with Gasteiger partial charge in [0.05, 0.1) is 18.2 Å².